The zero-order valence-corrected chi connectivity index (χ0v) is 9.45. The predicted octanol–water partition coefficient (Wildman–Crippen LogP) is 2.07. The van der Waals surface area contributed by atoms with Crippen molar-refractivity contribution in [3.63, 3.8) is 0 Å². The number of hydrogen-bond acceptors (Lipinski definition) is 3. The number of aliphatic imine (C=N–C) groups is 2. The maximum atomic E-state index is 4.55. The van der Waals surface area contributed by atoms with E-state index < -0.39 is 0 Å². The molecule has 1 N–H and O–H groups in total. The molecule has 0 radical (unpaired) electrons. The Hall–Kier alpha value is -1.22. The molecule has 2 aliphatic carbocycles. The van der Waals surface area contributed by atoms with Crippen molar-refractivity contribution in [1.82, 2.24) is 5.32 Å². The van der Waals surface area contributed by atoms with E-state index in [0.717, 1.165) is 42.5 Å². The molecule has 0 spiro atoms. The molecule has 1 saturated carbocycles. The van der Waals surface area contributed by atoms with Gasteiger partial charge in [-0.2, -0.15) is 0 Å². The molecular weight excluding hydrogens is 198 g/mol. The molecule has 0 aromatic carbocycles. The number of fused-ring (bicyclic) bond motifs is 1. The summed E-state index contributed by atoms with van der Waals surface area (Å²) in [5.74, 6) is 1.94. The van der Waals surface area contributed by atoms with E-state index in [1.54, 1.807) is 0 Å². The molecule has 3 heteroatoms. The molecule has 3 nitrogen and oxygen atoms in total. The van der Waals surface area contributed by atoms with Crippen LogP contribution in [0.2, 0.25) is 0 Å². The molecule has 84 valence electrons. The van der Waals surface area contributed by atoms with Gasteiger partial charge in [0.1, 0.15) is 5.84 Å². The molecule has 0 saturated heterocycles. The first-order chi connectivity index (χ1) is 7.92. The molecule has 3 aliphatic rings. The number of allylic oxidation sites excluding steroid dienone is 4. The third-order valence-corrected chi connectivity index (χ3v) is 3.17. The second-order valence-corrected chi connectivity index (χ2v) is 4.67. The van der Waals surface area contributed by atoms with E-state index in [4.69, 9.17) is 0 Å². The van der Waals surface area contributed by atoms with Crippen molar-refractivity contribution < 1.29 is 0 Å². The van der Waals surface area contributed by atoms with Crippen LogP contribution < -0.4 is 5.32 Å². The lowest BCUT2D eigenvalue weighted by Gasteiger charge is -2.00. The van der Waals surface area contributed by atoms with E-state index in [2.05, 4.69) is 27.5 Å². The average Bonchev–Trinajstić information content (AvgIpc) is 3.03. The molecule has 16 heavy (non-hydrogen) atoms. The van der Waals surface area contributed by atoms with E-state index in [1.165, 1.54) is 19.4 Å². The number of nitrogens with one attached hydrogen (secondary N) is 1. The normalized spacial score (nSPS) is 22.6. The van der Waals surface area contributed by atoms with Crippen molar-refractivity contribution >= 4 is 11.5 Å². The third kappa shape index (κ3) is 2.30. The minimum atomic E-state index is 0.939. The molecule has 0 amide bonds. The summed E-state index contributed by atoms with van der Waals surface area (Å²) >= 11 is 0. The van der Waals surface area contributed by atoms with Crippen molar-refractivity contribution in [1.29, 1.82) is 0 Å². The quantitative estimate of drug-likeness (QED) is 0.700. The Kier molecular flexibility index (Phi) is 2.70. The number of hydrogen-bond donors (Lipinski definition) is 1. The lowest BCUT2D eigenvalue weighted by atomic mass is 10.1. The Morgan fingerprint density at radius 3 is 3.06 bits per heavy atom. The van der Waals surface area contributed by atoms with E-state index >= 15 is 0 Å². The van der Waals surface area contributed by atoms with Crippen LogP contribution in [0.15, 0.2) is 33.9 Å². The molecule has 0 bridgehead atoms. The van der Waals surface area contributed by atoms with E-state index in [-0.39, 0.29) is 0 Å². The van der Waals surface area contributed by atoms with Gasteiger partial charge in [0.15, 0.2) is 0 Å². The third-order valence-electron chi connectivity index (χ3n) is 3.17. The minimum Gasteiger partial charge on any atom is -0.316 e. The smallest absolute Gasteiger partial charge is 0.130 e. The summed E-state index contributed by atoms with van der Waals surface area (Å²) in [6.45, 7) is 2.18. The van der Waals surface area contributed by atoms with E-state index in [1.807, 2.05) is 6.08 Å². The lowest BCUT2D eigenvalue weighted by molar-refractivity contribution is 0.648. The average molecular weight is 215 g/mol. The Balaban J connectivity index is 1.47. The SMILES string of the molecule is C1=CCC2=NC(CCNCC3CC3)=NC2=C1. The standard InChI is InChI=1S/C13H17N3/c1-2-4-12-11(3-1)15-13(16-12)7-8-14-9-10-5-6-10/h1-3,10,14H,4-9H2. The zero-order valence-electron chi connectivity index (χ0n) is 9.45. The van der Waals surface area contributed by atoms with Gasteiger partial charge in [0.25, 0.3) is 0 Å². The summed E-state index contributed by atoms with van der Waals surface area (Å²) in [5, 5.41) is 3.47. The van der Waals surface area contributed by atoms with Gasteiger partial charge in [0, 0.05) is 19.4 Å². The highest BCUT2D eigenvalue weighted by Crippen LogP contribution is 2.27. The van der Waals surface area contributed by atoms with Crippen molar-refractivity contribution in [2.24, 2.45) is 15.9 Å². The van der Waals surface area contributed by atoms with Gasteiger partial charge < -0.3 is 5.32 Å². The highest BCUT2D eigenvalue weighted by atomic mass is 15.0. The monoisotopic (exact) mass is 215 g/mol. The molecule has 1 heterocycles. The van der Waals surface area contributed by atoms with Gasteiger partial charge >= 0.3 is 0 Å². The van der Waals surface area contributed by atoms with Gasteiger partial charge in [0.2, 0.25) is 0 Å². The summed E-state index contributed by atoms with van der Waals surface area (Å²) in [4.78, 5) is 9.07. The maximum Gasteiger partial charge on any atom is 0.130 e. The molecule has 1 fully saturated rings. The Labute approximate surface area is 96.1 Å². The summed E-state index contributed by atoms with van der Waals surface area (Å²) < 4.78 is 0. The van der Waals surface area contributed by atoms with Crippen molar-refractivity contribution in [2.45, 2.75) is 25.7 Å². The molecule has 1 aliphatic heterocycles. The predicted molar refractivity (Wildman–Crippen MR) is 66.9 cm³/mol. The second kappa shape index (κ2) is 4.34. The fourth-order valence-corrected chi connectivity index (χ4v) is 2.00. The van der Waals surface area contributed by atoms with Crippen LogP contribution in [0.4, 0.5) is 0 Å². The summed E-state index contributed by atoms with van der Waals surface area (Å²) in [6, 6.07) is 0. The number of amidine groups is 1. The van der Waals surface area contributed by atoms with Gasteiger partial charge in [-0.3, -0.25) is 0 Å². The molecule has 3 rings (SSSR count). The van der Waals surface area contributed by atoms with Crippen molar-refractivity contribution in [3.05, 3.63) is 23.9 Å². The van der Waals surface area contributed by atoms with Crippen LogP contribution in [0.1, 0.15) is 25.7 Å². The first kappa shape index (κ1) is 9.97. The topological polar surface area (TPSA) is 36.8 Å². The van der Waals surface area contributed by atoms with Crippen molar-refractivity contribution in [2.75, 3.05) is 13.1 Å². The van der Waals surface area contributed by atoms with Gasteiger partial charge in [-0.15, -0.1) is 0 Å². The van der Waals surface area contributed by atoms with Crippen LogP contribution in [-0.4, -0.2) is 24.6 Å². The van der Waals surface area contributed by atoms with Crippen LogP contribution in [0.3, 0.4) is 0 Å². The van der Waals surface area contributed by atoms with E-state index in [9.17, 15) is 0 Å². The first-order valence-electron chi connectivity index (χ1n) is 6.15. The molecule has 0 unspecified atom stereocenters. The summed E-state index contributed by atoms with van der Waals surface area (Å²) in [5.41, 5.74) is 2.21. The van der Waals surface area contributed by atoms with Crippen LogP contribution >= 0.6 is 0 Å². The lowest BCUT2D eigenvalue weighted by Crippen LogP contribution is -2.19. The Morgan fingerprint density at radius 2 is 2.25 bits per heavy atom. The second-order valence-electron chi connectivity index (χ2n) is 4.67. The van der Waals surface area contributed by atoms with Gasteiger partial charge in [-0.1, -0.05) is 12.2 Å². The van der Waals surface area contributed by atoms with Crippen molar-refractivity contribution in [3.8, 4) is 0 Å². The van der Waals surface area contributed by atoms with Crippen LogP contribution in [0.5, 0.6) is 0 Å². The maximum absolute atomic E-state index is 4.55. The number of nitrogens with zero attached hydrogens (tertiary/aromatic N) is 2. The van der Waals surface area contributed by atoms with Gasteiger partial charge in [-0.05, 0) is 31.4 Å². The molecule has 0 atom stereocenters. The zero-order chi connectivity index (χ0) is 10.8. The van der Waals surface area contributed by atoms with Gasteiger partial charge in [-0.25, -0.2) is 9.98 Å². The minimum absolute atomic E-state index is 0.939. The highest BCUT2D eigenvalue weighted by molar-refractivity contribution is 6.14. The van der Waals surface area contributed by atoms with Crippen LogP contribution in [0, 0.1) is 5.92 Å². The van der Waals surface area contributed by atoms with Crippen LogP contribution in [0.25, 0.3) is 0 Å². The van der Waals surface area contributed by atoms with Crippen LogP contribution in [-0.2, 0) is 0 Å². The summed E-state index contributed by atoms with van der Waals surface area (Å²) in [6.07, 6.45) is 11.0. The summed E-state index contributed by atoms with van der Waals surface area (Å²) in [7, 11) is 0. The molecule has 0 aromatic rings. The Morgan fingerprint density at radius 1 is 1.31 bits per heavy atom. The fraction of sp³-hybridized carbons (Fsp3) is 0.538. The van der Waals surface area contributed by atoms with Gasteiger partial charge in [0.05, 0.1) is 11.4 Å². The highest BCUT2D eigenvalue weighted by Gasteiger charge is 2.20. The fourth-order valence-electron chi connectivity index (χ4n) is 2.00. The molecular formula is C13H17N3. The van der Waals surface area contributed by atoms with E-state index in [0.29, 0.717) is 0 Å². The molecule has 0 aromatic heterocycles. The largest absolute Gasteiger partial charge is 0.316 e. The Bertz CT molecular complexity index is 397. The number of rotatable bonds is 5. The first-order valence-corrected chi connectivity index (χ1v) is 6.15.